The summed E-state index contributed by atoms with van der Waals surface area (Å²) in [6.07, 6.45) is 0. The molecule has 106 valence electrons. The van der Waals surface area contributed by atoms with E-state index in [-0.39, 0.29) is 4.90 Å². The third-order valence-corrected chi connectivity index (χ3v) is 5.09. The first-order valence-electron chi connectivity index (χ1n) is 5.63. The van der Waals surface area contributed by atoms with Gasteiger partial charge in [0, 0.05) is 15.2 Å². The monoisotopic (exact) mass is 374 g/mol. The second kappa shape index (κ2) is 5.63. The Morgan fingerprint density at radius 1 is 1.25 bits per heavy atom. The van der Waals surface area contributed by atoms with Crippen LogP contribution in [-0.2, 0) is 10.0 Å². The van der Waals surface area contributed by atoms with E-state index in [9.17, 15) is 8.42 Å². The Morgan fingerprint density at radius 2 is 1.95 bits per heavy atom. The highest BCUT2D eigenvalue weighted by Crippen LogP contribution is 2.31. The lowest BCUT2D eigenvalue weighted by atomic mass is 10.2. The molecule has 3 N–H and O–H groups in total. The largest absolute Gasteiger partial charge is 0.399 e. The number of nitrogen functional groups attached to an aromatic ring is 1. The first kappa shape index (κ1) is 15.2. The number of halogens is 2. The Morgan fingerprint density at radius 3 is 2.60 bits per heavy atom. The predicted octanol–water partition coefficient (Wildman–Crippen LogP) is 3.79. The molecule has 20 heavy (non-hydrogen) atoms. The molecule has 0 atom stereocenters. The topological polar surface area (TPSA) is 72.2 Å². The number of nitrogens with two attached hydrogens (primary N) is 1. The quantitative estimate of drug-likeness (QED) is 0.802. The van der Waals surface area contributed by atoms with Crippen LogP contribution in [0.3, 0.4) is 0 Å². The molecule has 2 aromatic rings. The third-order valence-electron chi connectivity index (χ3n) is 2.66. The highest BCUT2D eigenvalue weighted by molar-refractivity contribution is 9.10. The summed E-state index contributed by atoms with van der Waals surface area (Å²) in [5.41, 5.74) is 7.21. The fourth-order valence-corrected chi connectivity index (χ4v) is 3.59. The lowest BCUT2D eigenvalue weighted by Crippen LogP contribution is -2.13. The van der Waals surface area contributed by atoms with Gasteiger partial charge in [-0.2, -0.15) is 0 Å². The molecule has 0 saturated carbocycles. The summed E-state index contributed by atoms with van der Waals surface area (Å²) in [5.74, 6) is 0. The molecule has 4 nitrogen and oxygen atoms in total. The summed E-state index contributed by atoms with van der Waals surface area (Å²) < 4.78 is 27.6. The minimum Gasteiger partial charge on any atom is -0.399 e. The highest BCUT2D eigenvalue weighted by atomic mass is 79.9. The summed E-state index contributed by atoms with van der Waals surface area (Å²) in [6.45, 7) is 1.84. The molecule has 7 heteroatoms. The second-order valence-electron chi connectivity index (χ2n) is 4.26. The Labute approximate surface area is 131 Å². The average molecular weight is 376 g/mol. The molecule has 0 unspecified atom stereocenters. The van der Waals surface area contributed by atoms with E-state index in [1.165, 1.54) is 12.1 Å². The lowest BCUT2D eigenvalue weighted by molar-refractivity contribution is 0.601. The normalized spacial score (nSPS) is 11.3. The molecule has 0 amide bonds. The van der Waals surface area contributed by atoms with E-state index >= 15 is 0 Å². The van der Waals surface area contributed by atoms with Gasteiger partial charge in [-0.1, -0.05) is 17.7 Å². The van der Waals surface area contributed by atoms with Crippen LogP contribution in [0.15, 0.2) is 45.8 Å². The maximum atomic E-state index is 12.3. The van der Waals surface area contributed by atoms with Gasteiger partial charge in [0.25, 0.3) is 10.0 Å². The first-order chi connectivity index (χ1) is 9.29. The Kier molecular flexibility index (Phi) is 4.27. The van der Waals surface area contributed by atoms with Crippen molar-refractivity contribution in [1.29, 1.82) is 0 Å². The minimum atomic E-state index is -3.71. The summed E-state index contributed by atoms with van der Waals surface area (Å²) in [7, 11) is -3.71. The number of aryl methyl sites for hydroxylation is 1. The molecule has 0 radical (unpaired) electrons. The molecule has 0 fully saturated rings. The van der Waals surface area contributed by atoms with Crippen molar-refractivity contribution in [3.8, 4) is 0 Å². The van der Waals surface area contributed by atoms with Crippen LogP contribution >= 0.6 is 27.5 Å². The van der Waals surface area contributed by atoms with Crippen LogP contribution in [0.25, 0.3) is 0 Å². The van der Waals surface area contributed by atoms with Crippen LogP contribution in [0.5, 0.6) is 0 Å². The van der Waals surface area contributed by atoms with Crippen LogP contribution in [-0.4, -0.2) is 8.42 Å². The Balaban J connectivity index is 2.41. The van der Waals surface area contributed by atoms with Gasteiger partial charge in [-0.25, -0.2) is 8.42 Å². The maximum Gasteiger partial charge on any atom is 0.262 e. The zero-order valence-corrected chi connectivity index (χ0v) is 13.7. The molecule has 0 bridgehead atoms. The number of nitrogens with one attached hydrogen (secondary N) is 1. The molecule has 2 rings (SSSR count). The van der Waals surface area contributed by atoms with Crippen molar-refractivity contribution in [3.63, 3.8) is 0 Å². The van der Waals surface area contributed by atoms with Crippen LogP contribution in [0.1, 0.15) is 5.56 Å². The van der Waals surface area contributed by atoms with E-state index in [4.69, 9.17) is 17.3 Å². The number of benzene rings is 2. The standard InChI is InChI=1S/C13H12BrClN2O2S/c1-8-5-11(14)13(7-12(8)15)17-20(18,19)10-4-2-3-9(16)6-10/h2-7,17H,16H2,1H3. The van der Waals surface area contributed by atoms with Gasteiger partial charge in [-0.3, -0.25) is 4.72 Å². The molecule has 0 aliphatic heterocycles. The zero-order chi connectivity index (χ0) is 14.9. The lowest BCUT2D eigenvalue weighted by Gasteiger charge is -2.11. The van der Waals surface area contributed by atoms with Crippen LogP contribution < -0.4 is 10.5 Å². The fraction of sp³-hybridized carbons (Fsp3) is 0.0769. The van der Waals surface area contributed by atoms with E-state index in [2.05, 4.69) is 20.7 Å². The van der Waals surface area contributed by atoms with E-state index in [1.807, 2.05) is 6.92 Å². The number of hydrogen-bond donors (Lipinski definition) is 2. The molecule has 0 heterocycles. The van der Waals surface area contributed by atoms with Crippen LogP contribution in [0.4, 0.5) is 11.4 Å². The number of anilines is 2. The molecule has 0 aliphatic carbocycles. The Bertz CT molecular complexity index is 763. The van der Waals surface area contributed by atoms with E-state index in [0.29, 0.717) is 20.9 Å². The van der Waals surface area contributed by atoms with Crippen molar-refractivity contribution in [1.82, 2.24) is 0 Å². The highest BCUT2D eigenvalue weighted by Gasteiger charge is 2.16. The molecular formula is C13H12BrClN2O2S. The first-order valence-corrected chi connectivity index (χ1v) is 8.29. The third kappa shape index (κ3) is 3.26. The molecule has 0 saturated heterocycles. The minimum absolute atomic E-state index is 0.0982. The van der Waals surface area contributed by atoms with Gasteiger partial charge in [0.05, 0.1) is 10.6 Å². The zero-order valence-electron chi connectivity index (χ0n) is 10.5. The van der Waals surface area contributed by atoms with Crippen LogP contribution in [0, 0.1) is 6.92 Å². The van der Waals surface area contributed by atoms with Gasteiger partial charge in [0.15, 0.2) is 0 Å². The summed E-state index contributed by atoms with van der Waals surface area (Å²) in [4.78, 5) is 0.0982. The predicted molar refractivity (Wildman–Crippen MR) is 85.6 cm³/mol. The van der Waals surface area contributed by atoms with E-state index in [1.54, 1.807) is 24.3 Å². The number of rotatable bonds is 3. The average Bonchev–Trinajstić information content (AvgIpc) is 2.36. The second-order valence-corrected chi connectivity index (χ2v) is 7.20. The number of sulfonamides is 1. The van der Waals surface area contributed by atoms with Crippen molar-refractivity contribution in [2.75, 3.05) is 10.5 Å². The smallest absolute Gasteiger partial charge is 0.262 e. The van der Waals surface area contributed by atoms with Crippen molar-refractivity contribution in [3.05, 3.63) is 51.5 Å². The van der Waals surface area contributed by atoms with Crippen molar-refractivity contribution in [2.24, 2.45) is 0 Å². The molecular weight excluding hydrogens is 364 g/mol. The summed E-state index contributed by atoms with van der Waals surface area (Å²) in [5, 5.41) is 0.485. The maximum absolute atomic E-state index is 12.3. The molecule has 2 aromatic carbocycles. The van der Waals surface area contributed by atoms with Crippen molar-refractivity contribution >= 4 is 48.9 Å². The molecule has 0 spiro atoms. The van der Waals surface area contributed by atoms with Crippen molar-refractivity contribution < 1.29 is 8.42 Å². The van der Waals surface area contributed by atoms with Crippen LogP contribution in [0.2, 0.25) is 5.02 Å². The van der Waals surface area contributed by atoms with Gasteiger partial charge in [0.1, 0.15) is 0 Å². The summed E-state index contributed by atoms with van der Waals surface area (Å²) in [6, 6.07) is 9.39. The Hall–Kier alpha value is -1.24. The summed E-state index contributed by atoms with van der Waals surface area (Å²) >= 11 is 9.32. The van der Waals surface area contributed by atoms with Gasteiger partial charge < -0.3 is 5.73 Å². The SMILES string of the molecule is Cc1cc(Br)c(NS(=O)(=O)c2cccc(N)c2)cc1Cl. The molecule has 0 aliphatic rings. The fourth-order valence-electron chi connectivity index (χ4n) is 1.61. The van der Waals surface area contributed by atoms with E-state index in [0.717, 1.165) is 5.56 Å². The van der Waals surface area contributed by atoms with E-state index < -0.39 is 10.0 Å². The number of hydrogen-bond acceptors (Lipinski definition) is 3. The molecule has 0 aromatic heterocycles. The van der Waals surface area contributed by atoms with Crippen molar-refractivity contribution in [2.45, 2.75) is 11.8 Å². The van der Waals surface area contributed by atoms with Gasteiger partial charge in [0.2, 0.25) is 0 Å². The van der Waals surface area contributed by atoms with Gasteiger partial charge >= 0.3 is 0 Å². The van der Waals surface area contributed by atoms with Gasteiger partial charge in [-0.15, -0.1) is 0 Å². The van der Waals surface area contributed by atoms with Gasteiger partial charge in [-0.05, 0) is 58.7 Å².